The third-order valence-corrected chi connectivity index (χ3v) is 4.77. The highest BCUT2D eigenvalue weighted by molar-refractivity contribution is 7.86. The van der Waals surface area contributed by atoms with Crippen molar-refractivity contribution in [2.45, 2.75) is 24.2 Å². The zero-order valence-corrected chi connectivity index (χ0v) is 14.1. The Kier molecular flexibility index (Phi) is 6.22. The number of rotatable bonds is 8. The molecule has 25 heavy (non-hydrogen) atoms. The lowest BCUT2D eigenvalue weighted by molar-refractivity contribution is -0.118. The van der Waals surface area contributed by atoms with Gasteiger partial charge in [-0.3, -0.25) is 8.98 Å². The zero-order valence-electron chi connectivity index (χ0n) is 13.2. The molecule has 0 aliphatic heterocycles. The number of amides is 1. The topological polar surface area (TPSA) is 86.5 Å². The van der Waals surface area contributed by atoms with Crippen molar-refractivity contribution in [3.8, 4) is 11.1 Å². The van der Waals surface area contributed by atoms with Crippen LogP contribution in [0.4, 0.5) is 8.78 Å². The monoisotopic (exact) mass is 369 g/mol. The van der Waals surface area contributed by atoms with E-state index in [1.54, 1.807) is 0 Å². The van der Waals surface area contributed by atoms with Crippen molar-refractivity contribution in [2.24, 2.45) is 5.73 Å². The van der Waals surface area contributed by atoms with Crippen molar-refractivity contribution >= 4 is 16.0 Å². The van der Waals surface area contributed by atoms with Crippen molar-refractivity contribution in [3.05, 3.63) is 54.1 Å². The van der Waals surface area contributed by atoms with Crippen LogP contribution in [0.5, 0.6) is 0 Å². The van der Waals surface area contributed by atoms with Gasteiger partial charge in [0.2, 0.25) is 5.91 Å². The molecule has 0 unspecified atom stereocenters. The highest BCUT2D eigenvalue weighted by Gasteiger charge is 2.15. The van der Waals surface area contributed by atoms with Crippen LogP contribution in [0.2, 0.25) is 0 Å². The molecule has 2 N–H and O–H groups in total. The van der Waals surface area contributed by atoms with Crippen LogP contribution in [0.25, 0.3) is 11.1 Å². The van der Waals surface area contributed by atoms with Crippen LogP contribution in [0.1, 0.15) is 19.3 Å². The van der Waals surface area contributed by atoms with Gasteiger partial charge in [0.15, 0.2) is 0 Å². The largest absolute Gasteiger partial charge is 0.370 e. The van der Waals surface area contributed by atoms with Crippen LogP contribution in [0.15, 0.2) is 47.4 Å². The summed E-state index contributed by atoms with van der Waals surface area (Å²) in [6.45, 7) is -0.0655. The van der Waals surface area contributed by atoms with Gasteiger partial charge in [0.05, 0.1) is 11.5 Å². The molecule has 0 aliphatic carbocycles. The summed E-state index contributed by atoms with van der Waals surface area (Å²) >= 11 is 0. The van der Waals surface area contributed by atoms with Gasteiger partial charge in [-0.2, -0.15) is 8.42 Å². The van der Waals surface area contributed by atoms with E-state index >= 15 is 0 Å². The molecule has 2 aromatic rings. The minimum absolute atomic E-state index is 0.0655. The fraction of sp³-hybridized carbons (Fsp3) is 0.235. The molecule has 0 saturated carbocycles. The normalized spacial score (nSPS) is 11.4. The second kappa shape index (κ2) is 8.17. The van der Waals surface area contributed by atoms with E-state index in [9.17, 15) is 22.0 Å². The summed E-state index contributed by atoms with van der Waals surface area (Å²) in [7, 11) is -3.95. The second-order valence-electron chi connectivity index (χ2n) is 5.35. The number of halogens is 2. The first kappa shape index (κ1) is 19.0. The Hall–Kier alpha value is -2.32. The molecule has 0 spiro atoms. The number of nitrogens with two attached hydrogens (primary N) is 1. The molecule has 0 fully saturated rings. The summed E-state index contributed by atoms with van der Waals surface area (Å²) in [6, 6.07) is 8.57. The molecule has 2 aromatic carbocycles. The van der Waals surface area contributed by atoms with E-state index in [-0.39, 0.29) is 23.5 Å². The Balaban J connectivity index is 2.04. The summed E-state index contributed by atoms with van der Waals surface area (Å²) in [5, 5.41) is 0. The van der Waals surface area contributed by atoms with Gasteiger partial charge in [-0.25, -0.2) is 8.78 Å². The number of primary amides is 1. The van der Waals surface area contributed by atoms with Crippen LogP contribution >= 0.6 is 0 Å². The molecule has 5 nitrogen and oxygen atoms in total. The Morgan fingerprint density at radius 3 is 2.32 bits per heavy atom. The van der Waals surface area contributed by atoms with Gasteiger partial charge in [0.25, 0.3) is 10.1 Å². The maximum atomic E-state index is 13.8. The van der Waals surface area contributed by atoms with E-state index in [4.69, 9.17) is 9.92 Å². The highest BCUT2D eigenvalue weighted by atomic mass is 32.2. The maximum absolute atomic E-state index is 13.8. The fourth-order valence-corrected chi connectivity index (χ4v) is 3.11. The standard InChI is InChI=1S/C17H17F2NO4S/c18-13-6-9-15(16(19)11-13)12-4-7-14(8-5-12)25(22,23)24-10-2-1-3-17(20)21/h4-9,11H,1-3,10H2,(H2,20,21). The minimum atomic E-state index is -3.95. The van der Waals surface area contributed by atoms with Gasteiger partial charge in [-0.05, 0) is 42.7 Å². The van der Waals surface area contributed by atoms with E-state index in [0.717, 1.165) is 12.1 Å². The quantitative estimate of drug-likeness (QED) is 0.572. The van der Waals surface area contributed by atoms with Gasteiger partial charge in [-0.15, -0.1) is 0 Å². The predicted molar refractivity (Wildman–Crippen MR) is 88.0 cm³/mol. The van der Waals surface area contributed by atoms with Gasteiger partial charge in [-0.1, -0.05) is 12.1 Å². The number of carbonyl (C=O) groups is 1. The predicted octanol–water partition coefficient (Wildman–Crippen LogP) is 2.99. The van der Waals surface area contributed by atoms with Crippen molar-refractivity contribution in [1.29, 1.82) is 0 Å². The molecule has 0 aromatic heterocycles. The van der Waals surface area contributed by atoms with E-state index in [1.807, 2.05) is 0 Å². The summed E-state index contributed by atoms with van der Waals surface area (Å²) < 4.78 is 55.7. The summed E-state index contributed by atoms with van der Waals surface area (Å²) in [5.74, 6) is -1.88. The first-order valence-corrected chi connectivity index (χ1v) is 8.93. The molecule has 0 radical (unpaired) electrons. The first-order valence-electron chi connectivity index (χ1n) is 7.53. The summed E-state index contributed by atoms with van der Waals surface area (Å²) in [6.07, 6.45) is 0.982. The summed E-state index contributed by atoms with van der Waals surface area (Å²) in [4.78, 5) is 10.5. The van der Waals surface area contributed by atoms with Crippen LogP contribution in [-0.2, 0) is 19.1 Å². The first-order chi connectivity index (χ1) is 11.8. The molecule has 0 aliphatic rings. The lowest BCUT2D eigenvalue weighted by Gasteiger charge is -2.07. The van der Waals surface area contributed by atoms with Crippen molar-refractivity contribution in [3.63, 3.8) is 0 Å². The number of hydrogen-bond donors (Lipinski definition) is 1. The Bertz CT molecular complexity index is 851. The summed E-state index contributed by atoms with van der Waals surface area (Å²) in [5.41, 5.74) is 5.57. The number of unbranched alkanes of at least 4 members (excludes halogenated alkanes) is 1. The van der Waals surface area contributed by atoms with E-state index in [2.05, 4.69) is 0 Å². The van der Waals surface area contributed by atoms with E-state index < -0.39 is 27.7 Å². The Morgan fingerprint density at radius 1 is 1.04 bits per heavy atom. The zero-order chi connectivity index (χ0) is 18.4. The lowest BCUT2D eigenvalue weighted by atomic mass is 10.1. The highest BCUT2D eigenvalue weighted by Crippen LogP contribution is 2.25. The molecule has 0 atom stereocenters. The fourth-order valence-electron chi connectivity index (χ4n) is 2.16. The Morgan fingerprint density at radius 2 is 1.72 bits per heavy atom. The third-order valence-electron chi connectivity index (χ3n) is 3.44. The maximum Gasteiger partial charge on any atom is 0.296 e. The van der Waals surface area contributed by atoms with Crippen molar-refractivity contribution in [1.82, 2.24) is 0 Å². The smallest absolute Gasteiger partial charge is 0.296 e. The second-order valence-corrected chi connectivity index (χ2v) is 6.96. The molecule has 0 saturated heterocycles. The van der Waals surface area contributed by atoms with Crippen LogP contribution in [0, 0.1) is 11.6 Å². The molecule has 0 heterocycles. The van der Waals surface area contributed by atoms with Crippen LogP contribution in [-0.4, -0.2) is 20.9 Å². The minimum Gasteiger partial charge on any atom is -0.370 e. The SMILES string of the molecule is NC(=O)CCCCOS(=O)(=O)c1ccc(-c2ccc(F)cc2F)cc1. The van der Waals surface area contributed by atoms with Crippen LogP contribution < -0.4 is 5.73 Å². The number of benzene rings is 2. The van der Waals surface area contributed by atoms with Gasteiger partial charge in [0.1, 0.15) is 11.6 Å². The van der Waals surface area contributed by atoms with Crippen molar-refractivity contribution < 1.29 is 26.2 Å². The Labute approximate surface area is 144 Å². The van der Waals surface area contributed by atoms with Crippen molar-refractivity contribution in [2.75, 3.05) is 6.61 Å². The lowest BCUT2D eigenvalue weighted by Crippen LogP contribution is -2.11. The molecule has 2 rings (SSSR count). The molecule has 0 bridgehead atoms. The number of carbonyl (C=O) groups excluding carboxylic acids is 1. The van der Waals surface area contributed by atoms with E-state index in [0.29, 0.717) is 18.4 Å². The average Bonchev–Trinajstić information content (AvgIpc) is 2.54. The van der Waals surface area contributed by atoms with Gasteiger partial charge in [0, 0.05) is 18.1 Å². The number of hydrogen-bond acceptors (Lipinski definition) is 4. The molecule has 1 amide bonds. The van der Waals surface area contributed by atoms with Gasteiger partial charge < -0.3 is 5.73 Å². The van der Waals surface area contributed by atoms with E-state index in [1.165, 1.54) is 30.3 Å². The molecular formula is C17H17F2NO4S. The molecular weight excluding hydrogens is 352 g/mol. The molecule has 134 valence electrons. The average molecular weight is 369 g/mol. The van der Waals surface area contributed by atoms with Crippen LogP contribution in [0.3, 0.4) is 0 Å². The van der Waals surface area contributed by atoms with Gasteiger partial charge >= 0.3 is 0 Å². The third kappa shape index (κ3) is 5.33. The molecule has 8 heteroatoms.